The van der Waals surface area contributed by atoms with Crippen LogP contribution in [0.2, 0.25) is 0 Å². The lowest BCUT2D eigenvalue weighted by Gasteiger charge is -2.11. The standard InChI is InChI=1S/C22H16FN3O/c23-19-9-3-1-6-15(19)14-25-22(27)18-12-21(16-7-5-11-24-13-16)26-20-10-4-2-8-17(18)20/h1-13H,14H2,(H,25,27). The van der Waals surface area contributed by atoms with Crippen LogP contribution in [0.25, 0.3) is 22.2 Å². The van der Waals surface area contributed by atoms with Crippen LogP contribution >= 0.6 is 0 Å². The Labute approximate surface area is 155 Å². The van der Waals surface area contributed by atoms with Crippen molar-refractivity contribution in [2.24, 2.45) is 0 Å². The summed E-state index contributed by atoms with van der Waals surface area (Å²) < 4.78 is 13.8. The molecule has 0 radical (unpaired) electrons. The number of benzene rings is 2. The minimum absolute atomic E-state index is 0.115. The van der Waals surface area contributed by atoms with Gasteiger partial charge in [-0.25, -0.2) is 9.37 Å². The second-order valence-corrected chi connectivity index (χ2v) is 6.09. The van der Waals surface area contributed by atoms with Gasteiger partial charge in [-0.1, -0.05) is 36.4 Å². The zero-order chi connectivity index (χ0) is 18.6. The summed E-state index contributed by atoms with van der Waals surface area (Å²) in [5.41, 5.74) is 3.15. The second kappa shape index (κ2) is 7.33. The first-order valence-corrected chi connectivity index (χ1v) is 8.54. The Morgan fingerprint density at radius 1 is 1.00 bits per heavy atom. The van der Waals surface area contributed by atoms with E-state index in [0.717, 1.165) is 16.5 Å². The summed E-state index contributed by atoms with van der Waals surface area (Å²) in [6, 6.07) is 19.3. The van der Waals surface area contributed by atoms with E-state index >= 15 is 0 Å². The number of nitrogens with zero attached hydrogens (tertiary/aromatic N) is 2. The third-order valence-corrected chi connectivity index (χ3v) is 4.32. The van der Waals surface area contributed by atoms with Crippen LogP contribution in [0.15, 0.2) is 79.1 Å². The van der Waals surface area contributed by atoms with Crippen LogP contribution < -0.4 is 5.32 Å². The number of amides is 1. The number of para-hydroxylation sites is 1. The fraction of sp³-hybridized carbons (Fsp3) is 0.0455. The predicted molar refractivity (Wildman–Crippen MR) is 103 cm³/mol. The molecule has 0 aliphatic rings. The number of carbonyl (C=O) groups is 1. The van der Waals surface area contributed by atoms with Crippen molar-refractivity contribution in [1.29, 1.82) is 0 Å². The highest BCUT2D eigenvalue weighted by Gasteiger charge is 2.14. The summed E-state index contributed by atoms with van der Waals surface area (Å²) in [5.74, 6) is -0.615. The van der Waals surface area contributed by atoms with E-state index in [4.69, 9.17) is 0 Å². The summed E-state index contributed by atoms with van der Waals surface area (Å²) in [6.07, 6.45) is 3.39. The van der Waals surface area contributed by atoms with Crippen molar-refractivity contribution in [2.75, 3.05) is 0 Å². The maximum Gasteiger partial charge on any atom is 0.252 e. The number of nitrogens with one attached hydrogen (secondary N) is 1. The highest BCUT2D eigenvalue weighted by Crippen LogP contribution is 2.24. The third kappa shape index (κ3) is 3.53. The van der Waals surface area contributed by atoms with Crippen molar-refractivity contribution in [3.05, 3.63) is 96.1 Å². The van der Waals surface area contributed by atoms with Crippen molar-refractivity contribution >= 4 is 16.8 Å². The fourth-order valence-electron chi connectivity index (χ4n) is 2.94. The van der Waals surface area contributed by atoms with Gasteiger partial charge in [0.1, 0.15) is 5.82 Å². The number of carbonyl (C=O) groups excluding carboxylic acids is 1. The number of rotatable bonds is 4. The zero-order valence-corrected chi connectivity index (χ0v) is 14.4. The van der Waals surface area contributed by atoms with Gasteiger partial charge in [-0.15, -0.1) is 0 Å². The molecule has 5 heteroatoms. The van der Waals surface area contributed by atoms with E-state index in [9.17, 15) is 9.18 Å². The third-order valence-electron chi connectivity index (χ3n) is 4.32. The second-order valence-electron chi connectivity index (χ2n) is 6.09. The Balaban J connectivity index is 1.71. The molecule has 0 unspecified atom stereocenters. The maximum atomic E-state index is 13.8. The molecule has 1 N–H and O–H groups in total. The molecule has 0 saturated carbocycles. The lowest BCUT2D eigenvalue weighted by atomic mass is 10.0. The summed E-state index contributed by atoms with van der Waals surface area (Å²) in [4.78, 5) is 21.6. The highest BCUT2D eigenvalue weighted by atomic mass is 19.1. The number of halogens is 1. The predicted octanol–water partition coefficient (Wildman–Crippen LogP) is 4.37. The Kier molecular flexibility index (Phi) is 4.58. The highest BCUT2D eigenvalue weighted by molar-refractivity contribution is 6.07. The van der Waals surface area contributed by atoms with Gasteiger partial charge in [0.15, 0.2) is 0 Å². The van der Waals surface area contributed by atoms with Crippen molar-refractivity contribution < 1.29 is 9.18 Å². The van der Waals surface area contributed by atoms with Gasteiger partial charge >= 0.3 is 0 Å². The smallest absolute Gasteiger partial charge is 0.252 e. The van der Waals surface area contributed by atoms with Gasteiger partial charge in [-0.2, -0.15) is 0 Å². The minimum atomic E-state index is -0.339. The first kappa shape index (κ1) is 16.8. The molecule has 0 aliphatic heterocycles. The molecule has 27 heavy (non-hydrogen) atoms. The molecule has 0 atom stereocenters. The molecule has 0 bridgehead atoms. The van der Waals surface area contributed by atoms with Crippen LogP contribution in [0.1, 0.15) is 15.9 Å². The Bertz CT molecular complexity index is 1110. The molecule has 2 aromatic heterocycles. The quantitative estimate of drug-likeness (QED) is 0.590. The van der Waals surface area contributed by atoms with E-state index in [2.05, 4.69) is 15.3 Å². The van der Waals surface area contributed by atoms with Gasteiger partial charge in [0, 0.05) is 35.5 Å². The number of hydrogen-bond donors (Lipinski definition) is 1. The van der Waals surface area contributed by atoms with Crippen molar-refractivity contribution in [2.45, 2.75) is 6.54 Å². The monoisotopic (exact) mass is 357 g/mol. The molecule has 4 rings (SSSR count). The SMILES string of the molecule is O=C(NCc1ccccc1F)c1cc(-c2cccnc2)nc2ccccc12. The molecule has 4 nitrogen and oxygen atoms in total. The first-order valence-electron chi connectivity index (χ1n) is 8.54. The topological polar surface area (TPSA) is 54.9 Å². The van der Waals surface area contributed by atoms with E-state index in [0.29, 0.717) is 16.8 Å². The average molecular weight is 357 g/mol. The summed E-state index contributed by atoms with van der Waals surface area (Å²) in [5, 5.41) is 3.55. The number of fused-ring (bicyclic) bond motifs is 1. The molecular weight excluding hydrogens is 341 g/mol. The van der Waals surface area contributed by atoms with Crippen molar-refractivity contribution in [3.8, 4) is 11.3 Å². The van der Waals surface area contributed by atoms with E-state index in [1.54, 1.807) is 36.7 Å². The molecule has 0 fully saturated rings. The zero-order valence-electron chi connectivity index (χ0n) is 14.4. The lowest BCUT2D eigenvalue weighted by Crippen LogP contribution is -2.23. The summed E-state index contributed by atoms with van der Waals surface area (Å²) >= 11 is 0. The van der Waals surface area contributed by atoms with E-state index in [-0.39, 0.29) is 18.3 Å². The number of hydrogen-bond acceptors (Lipinski definition) is 3. The number of aromatic nitrogens is 2. The minimum Gasteiger partial charge on any atom is -0.348 e. The first-order chi connectivity index (χ1) is 13.2. The molecule has 2 aromatic carbocycles. The maximum absolute atomic E-state index is 13.8. The van der Waals surface area contributed by atoms with Crippen LogP contribution in [0.3, 0.4) is 0 Å². The largest absolute Gasteiger partial charge is 0.348 e. The van der Waals surface area contributed by atoms with E-state index < -0.39 is 0 Å². The van der Waals surface area contributed by atoms with Crippen LogP contribution in [-0.2, 0) is 6.54 Å². The molecule has 0 aliphatic carbocycles. The molecule has 132 valence electrons. The van der Waals surface area contributed by atoms with Crippen LogP contribution in [0.5, 0.6) is 0 Å². The van der Waals surface area contributed by atoms with Gasteiger partial charge in [-0.3, -0.25) is 9.78 Å². The number of pyridine rings is 2. The lowest BCUT2D eigenvalue weighted by molar-refractivity contribution is 0.0952. The van der Waals surface area contributed by atoms with Gasteiger partial charge in [0.2, 0.25) is 0 Å². The Hall–Kier alpha value is -3.60. The van der Waals surface area contributed by atoms with Crippen molar-refractivity contribution in [3.63, 3.8) is 0 Å². The van der Waals surface area contributed by atoms with Gasteiger partial charge < -0.3 is 5.32 Å². The Morgan fingerprint density at radius 3 is 2.63 bits per heavy atom. The molecule has 0 spiro atoms. The summed E-state index contributed by atoms with van der Waals surface area (Å²) in [6.45, 7) is 0.115. The van der Waals surface area contributed by atoms with Crippen molar-refractivity contribution in [1.82, 2.24) is 15.3 Å². The fourth-order valence-corrected chi connectivity index (χ4v) is 2.94. The summed E-state index contributed by atoms with van der Waals surface area (Å²) in [7, 11) is 0. The molecular formula is C22H16FN3O. The molecule has 0 saturated heterocycles. The Morgan fingerprint density at radius 2 is 1.81 bits per heavy atom. The van der Waals surface area contributed by atoms with E-state index in [1.165, 1.54) is 6.07 Å². The van der Waals surface area contributed by atoms with Crippen LogP contribution in [0, 0.1) is 5.82 Å². The van der Waals surface area contributed by atoms with Gasteiger partial charge in [0.05, 0.1) is 16.8 Å². The molecule has 4 aromatic rings. The normalized spacial score (nSPS) is 10.7. The molecule has 2 heterocycles. The van der Waals surface area contributed by atoms with Gasteiger partial charge in [-0.05, 0) is 30.3 Å². The van der Waals surface area contributed by atoms with Gasteiger partial charge in [0.25, 0.3) is 5.91 Å². The average Bonchev–Trinajstić information content (AvgIpc) is 2.73. The van der Waals surface area contributed by atoms with E-state index in [1.807, 2.05) is 36.4 Å². The molecule has 1 amide bonds. The van der Waals surface area contributed by atoms with Crippen LogP contribution in [-0.4, -0.2) is 15.9 Å². The van der Waals surface area contributed by atoms with Crippen LogP contribution in [0.4, 0.5) is 4.39 Å².